The van der Waals surface area contributed by atoms with Crippen molar-refractivity contribution in [3.8, 4) is 11.5 Å². The van der Waals surface area contributed by atoms with Crippen LogP contribution in [0, 0.1) is 0 Å². The third-order valence-corrected chi connectivity index (χ3v) is 4.45. The molecule has 1 aliphatic rings. The van der Waals surface area contributed by atoms with Crippen LogP contribution in [0.15, 0.2) is 48.5 Å². The Labute approximate surface area is 158 Å². The molecule has 142 valence electrons. The van der Waals surface area contributed by atoms with E-state index in [1.165, 1.54) is 12.8 Å². The third-order valence-electron chi connectivity index (χ3n) is 4.45. The smallest absolute Gasteiger partial charge is 0.255 e. The molecule has 2 amide bonds. The van der Waals surface area contributed by atoms with Crippen LogP contribution >= 0.6 is 0 Å². The van der Waals surface area contributed by atoms with Crippen molar-refractivity contribution in [1.29, 1.82) is 0 Å². The predicted molar refractivity (Wildman–Crippen MR) is 103 cm³/mol. The Morgan fingerprint density at radius 1 is 0.963 bits per heavy atom. The minimum Gasteiger partial charge on any atom is -0.493 e. The summed E-state index contributed by atoms with van der Waals surface area (Å²) in [5, 5.41) is 2.84. The lowest BCUT2D eigenvalue weighted by atomic mass is 10.2. The largest absolute Gasteiger partial charge is 0.493 e. The van der Waals surface area contributed by atoms with Gasteiger partial charge in [0.25, 0.3) is 5.91 Å². The molecule has 0 bridgehead atoms. The first kappa shape index (κ1) is 18.8. The maximum Gasteiger partial charge on any atom is 0.255 e. The molecule has 3 N–H and O–H groups in total. The number of hydrogen-bond acceptors (Lipinski definition) is 4. The number of amides is 2. The standard InChI is InChI=1S/C21H24N2O4/c22-20(24)13-14-26-17-11-7-16(8-12-17)23-21(25)15-5-9-19(10-6-15)27-18-3-1-2-4-18/h5-12,18H,1-4,13-14H2,(H2,22,24)(H,23,25). The van der Waals surface area contributed by atoms with Gasteiger partial charge in [-0.3, -0.25) is 9.59 Å². The monoisotopic (exact) mass is 368 g/mol. The van der Waals surface area contributed by atoms with E-state index in [4.69, 9.17) is 15.2 Å². The highest BCUT2D eigenvalue weighted by Crippen LogP contribution is 2.24. The van der Waals surface area contributed by atoms with Crippen molar-refractivity contribution in [3.05, 3.63) is 54.1 Å². The number of primary amides is 1. The zero-order chi connectivity index (χ0) is 19.1. The van der Waals surface area contributed by atoms with Gasteiger partial charge in [-0.25, -0.2) is 0 Å². The molecule has 0 radical (unpaired) electrons. The number of rotatable bonds is 8. The van der Waals surface area contributed by atoms with E-state index in [-0.39, 0.29) is 18.9 Å². The minimum atomic E-state index is -0.404. The van der Waals surface area contributed by atoms with Gasteiger partial charge in [0.05, 0.1) is 19.1 Å². The topological polar surface area (TPSA) is 90.7 Å². The zero-order valence-electron chi connectivity index (χ0n) is 15.1. The van der Waals surface area contributed by atoms with E-state index in [0.717, 1.165) is 18.6 Å². The van der Waals surface area contributed by atoms with E-state index < -0.39 is 5.91 Å². The fourth-order valence-corrected chi connectivity index (χ4v) is 2.99. The van der Waals surface area contributed by atoms with Gasteiger partial charge in [0.1, 0.15) is 11.5 Å². The number of nitrogens with one attached hydrogen (secondary N) is 1. The van der Waals surface area contributed by atoms with Gasteiger partial charge < -0.3 is 20.5 Å². The summed E-state index contributed by atoms with van der Waals surface area (Å²) in [6.07, 6.45) is 5.11. The van der Waals surface area contributed by atoms with Gasteiger partial charge in [0.2, 0.25) is 5.91 Å². The maximum absolute atomic E-state index is 12.4. The quantitative estimate of drug-likeness (QED) is 0.746. The van der Waals surface area contributed by atoms with Crippen molar-refractivity contribution in [1.82, 2.24) is 0 Å². The van der Waals surface area contributed by atoms with Crippen LogP contribution in [0.4, 0.5) is 5.69 Å². The first-order valence-electron chi connectivity index (χ1n) is 9.19. The molecule has 27 heavy (non-hydrogen) atoms. The Bertz CT molecular complexity index is 766. The molecule has 0 unspecified atom stereocenters. The van der Waals surface area contributed by atoms with Gasteiger partial charge in [0.15, 0.2) is 0 Å². The molecule has 1 aliphatic carbocycles. The lowest BCUT2D eigenvalue weighted by Crippen LogP contribution is -2.14. The van der Waals surface area contributed by atoms with Gasteiger partial charge in [0, 0.05) is 11.3 Å². The van der Waals surface area contributed by atoms with Crippen LogP contribution in [0.25, 0.3) is 0 Å². The lowest BCUT2D eigenvalue weighted by Gasteiger charge is -2.13. The second-order valence-corrected chi connectivity index (χ2v) is 6.59. The number of nitrogens with two attached hydrogens (primary N) is 1. The SMILES string of the molecule is NC(=O)CCOc1ccc(NC(=O)c2ccc(OC3CCCC3)cc2)cc1. The first-order chi connectivity index (χ1) is 13.1. The lowest BCUT2D eigenvalue weighted by molar-refractivity contribution is -0.118. The van der Waals surface area contributed by atoms with Crippen molar-refractivity contribution in [2.45, 2.75) is 38.2 Å². The number of ether oxygens (including phenoxy) is 2. The Morgan fingerprint density at radius 2 is 1.59 bits per heavy atom. The molecule has 0 spiro atoms. The second-order valence-electron chi connectivity index (χ2n) is 6.59. The highest BCUT2D eigenvalue weighted by Gasteiger charge is 2.16. The van der Waals surface area contributed by atoms with Crippen molar-refractivity contribution in [3.63, 3.8) is 0 Å². The fourth-order valence-electron chi connectivity index (χ4n) is 2.99. The van der Waals surface area contributed by atoms with Crippen molar-refractivity contribution < 1.29 is 19.1 Å². The third kappa shape index (κ3) is 5.74. The Balaban J connectivity index is 1.51. The van der Waals surface area contributed by atoms with Gasteiger partial charge in [-0.05, 0) is 74.2 Å². The van der Waals surface area contributed by atoms with E-state index >= 15 is 0 Å². The van der Waals surface area contributed by atoms with Crippen molar-refractivity contribution >= 4 is 17.5 Å². The molecule has 0 saturated heterocycles. The Morgan fingerprint density at radius 3 is 2.22 bits per heavy atom. The molecule has 0 aromatic heterocycles. The summed E-state index contributed by atoms with van der Waals surface area (Å²) in [4.78, 5) is 23.1. The molecule has 0 heterocycles. The molecule has 1 fully saturated rings. The van der Waals surface area contributed by atoms with Crippen LogP contribution < -0.4 is 20.5 Å². The molecule has 2 aromatic rings. The van der Waals surface area contributed by atoms with Gasteiger partial charge in [-0.2, -0.15) is 0 Å². The summed E-state index contributed by atoms with van der Waals surface area (Å²) >= 11 is 0. The summed E-state index contributed by atoms with van der Waals surface area (Å²) in [6.45, 7) is 0.232. The molecule has 3 rings (SSSR count). The molecule has 0 aliphatic heterocycles. The number of carbonyl (C=O) groups is 2. The van der Waals surface area contributed by atoms with Crippen LogP contribution in [-0.4, -0.2) is 24.5 Å². The highest BCUT2D eigenvalue weighted by atomic mass is 16.5. The van der Waals surface area contributed by atoms with Gasteiger partial charge >= 0.3 is 0 Å². The predicted octanol–water partition coefficient (Wildman–Crippen LogP) is 3.51. The van der Waals surface area contributed by atoms with E-state index in [1.807, 2.05) is 12.1 Å². The van der Waals surface area contributed by atoms with Crippen LogP contribution in [0.2, 0.25) is 0 Å². The van der Waals surface area contributed by atoms with Crippen LogP contribution in [0.3, 0.4) is 0 Å². The summed E-state index contributed by atoms with van der Waals surface area (Å²) in [5.74, 6) is 0.821. The summed E-state index contributed by atoms with van der Waals surface area (Å²) < 4.78 is 11.3. The van der Waals surface area contributed by atoms with Crippen molar-refractivity contribution in [2.24, 2.45) is 5.73 Å². The van der Waals surface area contributed by atoms with Crippen LogP contribution in [0.5, 0.6) is 11.5 Å². The summed E-state index contributed by atoms with van der Waals surface area (Å²) in [7, 11) is 0. The number of carbonyl (C=O) groups excluding carboxylic acids is 2. The molecular formula is C21H24N2O4. The van der Waals surface area contributed by atoms with Crippen molar-refractivity contribution in [2.75, 3.05) is 11.9 Å². The van der Waals surface area contributed by atoms with Gasteiger partial charge in [-0.15, -0.1) is 0 Å². The maximum atomic E-state index is 12.4. The minimum absolute atomic E-state index is 0.166. The van der Waals surface area contributed by atoms with E-state index in [2.05, 4.69) is 5.32 Å². The number of hydrogen-bond donors (Lipinski definition) is 2. The van der Waals surface area contributed by atoms with E-state index in [9.17, 15) is 9.59 Å². The number of benzene rings is 2. The Kier molecular flexibility index (Phi) is 6.30. The zero-order valence-corrected chi connectivity index (χ0v) is 15.1. The number of anilines is 1. The normalized spacial score (nSPS) is 13.9. The molecule has 6 heteroatoms. The summed E-state index contributed by atoms with van der Waals surface area (Å²) in [6, 6.07) is 14.2. The van der Waals surface area contributed by atoms with E-state index in [0.29, 0.717) is 23.1 Å². The highest BCUT2D eigenvalue weighted by molar-refractivity contribution is 6.04. The van der Waals surface area contributed by atoms with E-state index in [1.54, 1.807) is 36.4 Å². The molecule has 1 saturated carbocycles. The second kappa shape index (κ2) is 9.07. The first-order valence-corrected chi connectivity index (χ1v) is 9.19. The fraction of sp³-hybridized carbons (Fsp3) is 0.333. The average molecular weight is 368 g/mol. The summed E-state index contributed by atoms with van der Waals surface area (Å²) in [5.41, 5.74) is 6.29. The Hall–Kier alpha value is -3.02. The van der Waals surface area contributed by atoms with Crippen LogP contribution in [-0.2, 0) is 4.79 Å². The molecule has 6 nitrogen and oxygen atoms in total. The molecular weight excluding hydrogens is 344 g/mol. The average Bonchev–Trinajstić information content (AvgIpc) is 3.16. The molecule has 0 atom stereocenters. The molecule has 2 aromatic carbocycles. The van der Waals surface area contributed by atoms with Gasteiger partial charge in [-0.1, -0.05) is 0 Å². The van der Waals surface area contributed by atoms with Crippen LogP contribution in [0.1, 0.15) is 42.5 Å².